The summed E-state index contributed by atoms with van der Waals surface area (Å²) in [7, 11) is 1.88. The number of aromatic nitrogens is 4. The van der Waals surface area contributed by atoms with E-state index in [4.69, 9.17) is 4.42 Å². The highest BCUT2D eigenvalue weighted by atomic mass is 16.4. The molecule has 2 heterocycles. The van der Waals surface area contributed by atoms with E-state index in [1.807, 2.05) is 20.9 Å². The molecule has 0 unspecified atom stereocenters. The molecule has 2 amide bonds. The maximum absolute atomic E-state index is 12.1. The fraction of sp³-hybridized carbons (Fsp3) is 0.316. The second-order valence-corrected chi connectivity index (χ2v) is 6.44. The molecule has 0 spiro atoms. The standard InChI is InChI=1S/C19H22N6O3/c1-11-16(12(2)25(4)24-11)9-10-20-17(26)18(27)21-15-7-5-14(6-8-15)19-23-22-13(3)28-19/h5-8H,9-10H2,1-4H3,(H,20,26)(H,21,27). The molecule has 2 N–H and O–H groups in total. The minimum Gasteiger partial charge on any atom is -0.421 e. The van der Waals surface area contributed by atoms with Gasteiger partial charge < -0.3 is 15.1 Å². The monoisotopic (exact) mass is 382 g/mol. The van der Waals surface area contributed by atoms with E-state index in [-0.39, 0.29) is 0 Å². The van der Waals surface area contributed by atoms with Crippen LogP contribution in [0.25, 0.3) is 11.5 Å². The molecule has 28 heavy (non-hydrogen) atoms. The van der Waals surface area contributed by atoms with Gasteiger partial charge in [0.15, 0.2) is 0 Å². The number of hydrogen-bond acceptors (Lipinski definition) is 6. The average Bonchev–Trinajstić information content (AvgIpc) is 3.20. The largest absolute Gasteiger partial charge is 0.421 e. The molecular formula is C19H22N6O3. The third-order valence-electron chi connectivity index (χ3n) is 4.44. The number of anilines is 1. The molecule has 0 aliphatic heterocycles. The quantitative estimate of drug-likeness (QED) is 0.649. The van der Waals surface area contributed by atoms with Gasteiger partial charge in [0, 0.05) is 37.5 Å². The van der Waals surface area contributed by atoms with Crippen LogP contribution in [0.5, 0.6) is 0 Å². The lowest BCUT2D eigenvalue weighted by atomic mass is 10.1. The summed E-state index contributed by atoms with van der Waals surface area (Å²) in [5.74, 6) is -0.536. The molecule has 0 radical (unpaired) electrons. The van der Waals surface area contributed by atoms with Crippen LogP contribution in [-0.4, -0.2) is 38.3 Å². The van der Waals surface area contributed by atoms with Crippen molar-refractivity contribution in [2.75, 3.05) is 11.9 Å². The molecule has 0 fully saturated rings. The van der Waals surface area contributed by atoms with Crippen LogP contribution < -0.4 is 10.6 Å². The average molecular weight is 382 g/mol. The fourth-order valence-electron chi connectivity index (χ4n) is 2.86. The van der Waals surface area contributed by atoms with Crippen molar-refractivity contribution in [2.24, 2.45) is 7.05 Å². The molecular weight excluding hydrogens is 360 g/mol. The van der Waals surface area contributed by atoms with E-state index in [1.165, 1.54) is 0 Å². The Labute approximate surface area is 162 Å². The van der Waals surface area contributed by atoms with Gasteiger partial charge in [0.1, 0.15) is 0 Å². The van der Waals surface area contributed by atoms with Crippen molar-refractivity contribution in [3.63, 3.8) is 0 Å². The topological polar surface area (TPSA) is 115 Å². The Balaban J connectivity index is 1.52. The third-order valence-corrected chi connectivity index (χ3v) is 4.44. The molecule has 3 aromatic rings. The van der Waals surface area contributed by atoms with Crippen molar-refractivity contribution in [1.29, 1.82) is 0 Å². The molecule has 9 heteroatoms. The SMILES string of the molecule is Cc1nnc(-c2ccc(NC(=O)C(=O)NCCc3c(C)nn(C)c3C)cc2)o1. The number of aryl methyl sites for hydroxylation is 3. The van der Waals surface area contributed by atoms with Gasteiger partial charge in [-0.3, -0.25) is 14.3 Å². The lowest BCUT2D eigenvalue weighted by Gasteiger charge is -2.07. The first-order valence-electron chi connectivity index (χ1n) is 8.84. The maximum Gasteiger partial charge on any atom is 0.313 e. The van der Waals surface area contributed by atoms with Gasteiger partial charge in [-0.05, 0) is 50.1 Å². The number of nitrogens with zero attached hydrogens (tertiary/aromatic N) is 4. The van der Waals surface area contributed by atoms with E-state index in [1.54, 1.807) is 35.9 Å². The number of carbonyl (C=O) groups is 2. The van der Waals surface area contributed by atoms with Crippen LogP contribution in [0.15, 0.2) is 28.7 Å². The first-order chi connectivity index (χ1) is 13.3. The van der Waals surface area contributed by atoms with Crippen LogP contribution in [0.2, 0.25) is 0 Å². The zero-order chi connectivity index (χ0) is 20.3. The van der Waals surface area contributed by atoms with Crippen LogP contribution >= 0.6 is 0 Å². The Morgan fingerprint density at radius 2 is 1.79 bits per heavy atom. The van der Waals surface area contributed by atoms with Crippen LogP contribution in [0, 0.1) is 20.8 Å². The first-order valence-corrected chi connectivity index (χ1v) is 8.84. The summed E-state index contributed by atoms with van der Waals surface area (Å²) in [5.41, 5.74) is 4.28. The molecule has 0 bridgehead atoms. The Hall–Kier alpha value is -3.49. The summed E-state index contributed by atoms with van der Waals surface area (Å²) >= 11 is 0. The fourth-order valence-corrected chi connectivity index (χ4v) is 2.86. The van der Waals surface area contributed by atoms with Crippen LogP contribution in [0.3, 0.4) is 0 Å². The molecule has 2 aromatic heterocycles. The van der Waals surface area contributed by atoms with Gasteiger partial charge in [0.25, 0.3) is 0 Å². The molecule has 0 atom stereocenters. The Morgan fingerprint density at radius 1 is 1.07 bits per heavy atom. The van der Waals surface area contributed by atoms with E-state index in [0.29, 0.717) is 30.4 Å². The minimum atomic E-state index is -0.721. The van der Waals surface area contributed by atoms with Crippen molar-refractivity contribution in [3.05, 3.63) is 47.1 Å². The Bertz CT molecular complexity index is 1000. The van der Waals surface area contributed by atoms with Crippen LogP contribution in [0.1, 0.15) is 22.8 Å². The van der Waals surface area contributed by atoms with E-state index in [2.05, 4.69) is 25.9 Å². The normalized spacial score (nSPS) is 10.7. The number of amides is 2. The van der Waals surface area contributed by atoms with E-state index >= 15 is 0 Å². The van der Waals surface area contributed by atoms with Crippen molar-refractivity contribution in [3.8, 4) is 11.5 Å². The van der Waals surface area contributed by atoms with Gasteiger partial charge in [-0.25, -0.2) is 0 Å². The summed E-state index contributed by atoms with van der Waals surface area (Å²) in [4.78, 5) is 24.1. The second-order valence-electron chi connectivity index (χ2n) is 6.44. The number of nitrogens with one attached hydrogen (secondary N) is 2. The van der Waals surface area contributed by atoms with Gasteiger partial charge in [-0.15, -0.1) is 10.2 Å². The highest BCUT2D eigenvalue weighted by Crippen LogP contribution is 2.20. The van der Waals surface area contributed by atoms with E-state index < -0.39 is 11.8 Å². The van der Waals surface area contributed by atoms with Crippen molar-refractivity contribution in [2.45, 2.75) is 27.2 Å². The van der Waals surface area contributed by atoms with Gasteiger partial charge in [0.2, 0.25) is 11.8 Å². The zero-order valence-electron chi connectivity index (χ0n) is 16.2. The second kappa shape index (κ2) is 8.03. The zero-order valence-corrected chi connectivity index (χ0v) is 16.2. The summed E-state index contributed by atoms with van der Waals surface area (Å²) in [6.45, 7) is 5.97. The molecule has 0 aliphatic carbocycles. The van der Waals surface area contributed by atoms with Crippen molar-refractivity contribution >= 4 is 17.5 Å². The maximum atomic E-state index is 12.1. The molecule has 9 nitrogen and oxygen atoms in total. The van der Waals surface area contributed by atoms with E-state index in [0.717, 1.165) is 22.5 Å². The predicted octanol–water partition coefficient (Wildman–Crippen LogP) is 1.69. The Kier molecular flexibility index (Phi) is 5.53. The summed E-state index contributed by atoms with van der Waals surface area (Å²) in [6, 6.07) is 6.80. The minimum absolute atomic E-state index is 0.356. The third kappa shape index (κ3) is 4.25. The Morgan fingerprint density at radius 3 is 2.36 bits per heavy atom. The number of hydrogen-bond donors (Lipinski definition) is 2. The van der Waals surface area contributed by atoms with Gasteiger partial charge in [0.05, 0.1) is 5.69 Å². The molecule has 0 saturated heterocycles. The van der Waals surface area contributed by atoms with Crippen LogP contribution in [-0.2, 0) is 23.1 Å². The van der Waals surface area contributed by atoms with Gasteiger partial charge in [-0.1, -0.05) is 0 Å². The molecule has 1 aromatic carbocycles. The van der Waals surface area contributed by atoms with Crippen molar-refractivity contribution in [1.82, 2.24) is 25.3 Å². The molecule has 3 rings (SSSR count). The van der Waals surface area contributed by atoms with E-state index in [9.17, 15) is 9.59 Å². The van der Waals surface area contributed by atoms with Gasteiger partial charge in [-0.2, -0.15) is 5.10 Å². The highest BCUT2D eigenvalue weighted by Gasteiger charge is 2.15. The summed E-state index contributed by atoms with van der Waals surface area (Å²) in [6.07, 6.45) is 0.614. The lowest BCUT2D eigenvalue weighted by Crippen LogP contribution is -2.36. The predicted molar refractivity (Wildman–Crippen MR) is 102 cm³/mol. The molecule has 146 valence electrons. The highest BCUT2D eigenvalue weighted by molar-refractivity contribution is 6.39. The number of rotatable bonds is 5. The number of benzene rings is 1. The molecule has 0 aliphatic rings. The van der Waals surface area contributed by atoms with Crippen LogP contribution in [0.4, 0.5) is 5.69 Å². The van der Waals surface area contributed by atoms with Crippen molar-refractivity contribution < 1.29 is 14.0 Å². The smallest absolute Gasteiger partial charge is 0.313 e. The number of carbonyl (C=O) groups excluding carboxylic acids is 2. The van der Waals surface area contributed by atoms with Gasteiger partial charge >= 0.3 is 11.8 Å². The summed E-state index contributed by atoms with van der Waals surface area (Å²) < 4.78 is 7.15. The summed E-state index contributed by atoms with van der Waals surface area (Å²) in [5, 5.41) is 17.2. The molecule has 0 saturated carbocycles. The lowest BCUT2D eigenvalue weighted by molar-refractivity contribution is -0.136. The first kappa shape index (κ1) is 19.3.